The van der Waals surface area contributed by atoms with Gasteiger partial charge >= 0.3 is 0 Å². The summed E-state index contributed by atoms with van der Waals surface area (Å²) in [6.07, 6.45) is 3.45. The Morgan fingerprint density at radius 3 is 2.85 bits per heavy atom. The van der Waals surface area contributed by atoms with Gasteiger partial charge in [0.25, 0.3) is 0 Å². The van der Waals surface area contributed by atoms with Gasteiger partial charge in [-0.15, -0.1) is 11.3 Å². The molecule has 1 fully saturated rings. The minimum Gasteiger partial charge on any atom is -0.494 e. The number of ether oxygens (including phenoxy) is 1. The summed E-state index contributed by atoms with van der Waals surface area (Å²) in [6.45, 7) is 6.42. The largest absolute Gasteiger partial charge is 0.494 e. The van der Waals surface area contributed by atoms with E-state index in [0.717, 1.165) is 54.2 Å². The van der Waals surface area contributed by atoms with Gasteiger partial charge in [0.05, 0.1) is 12.3 Å². The number of aromatic nitrogens is 1. The molecule has 7 heteroatoms. The fourth-order valence-corrected chi connectivity index (χ4v) is 4.03. The third kappa shape index (κ3) is 5.60. The van der Waals surface area contributed by atoms with Crippen molar-refractivity contribution in [2.75, 3.05) is 38.2 Å². The van der Waals surface area contributed by atoms with Crippen molar-refractivity contribution >= 4 is 22.4 Å². The van der Waals surface area contributed by atoms with E-state index < -0.39 is 0 Å². The lowest BCUT2D eigenvalue weighted by Crippen LogP contribution is -2.38. The third-order valence-electron chi connectivity index (χ3n) is 4.53. The monoisotopic (exact) mass is 387 g/mol. The number of benzene rings is 1. The Labute approximate surface area is 165 Å². The van der Waals surface area contributed by atoms with Gasteiger partial charge in [0.2, 0.25) is 0 Å². The molecule has 2 aromatic rings. The Morgan fingerprint density at radius 2 is 2.07 bits per heavy atom. The summed E-state index contributed by atoms with van der Waals surface area (Å²) in [6, 6.07) is 8.08. The smallest absolute Gasteiger partial charge is 0.191 e. The van der Waals surface area contributed by atoms with E-state index in [1.54, 1.807) is 18.4 Å². The number of para-hydroxylation sites is 1. The first kappa shape index (κ1) is 19.5. The average Bonchev–Trinajstić information content (AvgIpc) is 3.37. The first-order chi connectivity index (χ1) is 13.3. The minimum atomic E-state index is 0.664. The van der Waals surface area contributed by atoms with Gasteiger partial charge in [0, 0.05) is 50.6 Å². The molecular formula is C20H29N5OS. The average molecular weight is 388 g/mol. The summed E-state index contributed by atoms with van der Waals surface area (Å²) < 4.78 is 5.68. The maximum Gasteiger partial charge on any atom is 0.191 e. The summed E-state index contributed by atoms with van der Waals surface area (Å²) in [5.41, 5.74) is 2.27. The fraction of sp³-hybridized carbons (Fsp3) is 0.500. The maximum absolute atomic E-state index is 5.68. The van der Waals surface area contributed by atoms with E-state index in [9.17, 15) is 0 Å². The molecule has 146 valence electrons. The molecule has 0 atom stereocenters. The Kier molecular flexibility index (Phi) is 7.33. The third-order valence-corrected chi connectivity index (χ3v) is 5.48. The van der Waals surface area contributed by atoms with Crippen LogP contribution in [-0.4, -0.2) is 44.2 Å². The van der Waals surface area contributed by atoms with E-state index in [1.807, 2.05) is 25.1 Å². The molecule has 1 aromatic carbocycles. The van der Waals surface area contributed by atoms with Crippen LogP contribution in [0.5, 0.6) is 5.75 Å². The zero-order valence-electron chi connectivity index (χ0n) is 16.2. The van der Waals surface area contributed by atoms with E-state index in [2.05, 4.69) is 32.0 Å². The highest BCUT2D eigenvalue weighted by Crippen LogP contribution is 2.24. The maximum atomic E-state index is 5.68. The molecule has 0 spiro atoms. The van der Waals surface area contributed by atoms with Gasteiger partial charge in [-0.25, -0.2) is 4.98 Å². The van der Waals surface area contributed by atoms with E-state index in [4.69, 9.17) is 9.72 Å². The molecule has 0 saturated carbocycles. The van der Waals surface area contributed by atoms with Gasteiger partial charge < -0.3 is 20.3 Å². The Balaban J connectivity index is 1.44. The van der Waals surface area contributed by atoms with E-state index in [1.165, 1.54) is 12.8 Å². The number of guanidine groups is 1. The quantitative estimate of drug-likeness (QED) is 0.538. The lowest BCUT2D eigenvalue weighted by molar-refractivity contribution is 0.336. The Bertz CT molecular complexity index is 739. The number of anilines is 1. The molecule has 0 bridgehead atoms. The lowest BCUT2D eigenvalue weighted by Gasteiger charge is -2.14. The number of thiazole rings is 1. The van der Waals surface area contributed by atoms with Crippen molar-refractivity contribution in [1.82, 2.24) is 15.6 Å². The number of hydrogen-bond acceptors (Lipinski definition) is 5. The first-order valence-electron chi connectivity index (χ1n) is 9.64. The molecule has 1 aromatic heterocycles. The van der Waals surface area contributed by atoms with Crippen LogP contribution in [0.3, 0.4) is 0 Å². The van der Waals surface area contributed by atoms with Crippen LogP contribution in [0.1, 0.15) is 31.0 Å². The molecule has 1 aliphatic heterocycles. The van der Waals surface area contributed by atoms with Crippen molar-refractivity contribution in [3.05, 3.63) is 40.9 Å². The molecule has 2 N–H and O–H groups in total. The van der Waals surface area contributed by atoms with E-state index >= 15 is 0 Å². The Morgan fingerprint density at radius 1 is 1.26 bits per heavy atom. The van der Waals surface area contributed by atoms with Gasteiger partial charge in [-0.3, -0.25) is 4.99 Å². The molecule has 0 amide bonds. The summed E-state index contributed by atoms with van der Waals surface area (Å²) in [5, 5.41) is 10.1. The van der Waals surface area contributed by atoms with Crippen LogP contribution in [0.4, 0.5) is 5.13 Å². The lowest BCUT2D eigenvalue weighted by atomic mass is 10.2. The number of rotatable bonds is 8. The SMILES string of the molecule is CCOc1ccccc1CNC(=NC)NCCc1csc(N2CCCC2)n1. The highest BCUT2D eigenvalue weighted by atomic mass is 32.1. The minimum absolute atomic E-state index is 0.664. The van der Waals surface area contributed by atoms with E-state index in [-0.39, 0.29) is 0 Å². The first-order valence-corrected chi connectivity index (χ1v) is 10.5. The standard InChI is InChI=1S/C20H29N5OS/c1-3-26-18-9-5-4-8-16(18)14-23-19(21-2)22-11-10-17-15-27-20(24-17)25-12-6-7-13-25/h4-5,8-9,15H,3,6-7,10-14H2,1-2H3,(H2,21,22,23). The van der Waals surface area contributed by atoms with Gasteiger partial charge in [0.1, 0.15) is 5.75 Å². The van der Waals surface area contributed by atoms with Crippen LogP contribution in [0.15, 0.2) is 34.6 Å². The van der Waals surface area contributed by atoms with Crippen LogP contribution in [0.25, 0.3) is 0 Å². The fourth-order valence-electron chi connectivity index (χ4n) is 3.12. The molecule has 0 unspecified atom stereocenters. The second-order valence-electron chi connectivity index (χ2n) is 6.46. The van der Waals surface area contributed by atoms with Gasteiger partial charge in [-0.2, -0.15) is 0 Å². The number of nitrogens with zero attached hydrogens (tertiary/aromatic N) is 3. The summed E-state index contributed by atoms with van der Waals surface area (Å²) in [5.74, 6) is 1.70. The number of aliphatic imine (C=N–C) groups is 1. The van der Waals surface area contributed by atoms with Crippen LogP contribution >= 0.6 is 11.3 Å². The van der Waals surface area contributed by atoms with Gasteiger partial charge in [-0.05, 0) is 25.8 Å². The topological polar surface area (TPSA) is 61.8 Å². The molecule has 0 aliphatic carbocycles. The van der Waals surface area contributed by atoms with Crippen molar-refractivity contribution < 1.29 is 4.74 Å². The summed E-state index contributed by atoms with van der Waals surface area (Å²) in [7, 11) is 1.79. The van der Waals surface area contributed by atoms with E-state index in [0.29, 0.717) is 13.2 Å². The molecule has 27 heavy (non-hydrogen) atoms. The number of nitrogens with one attached hydrogen (secondary N) is 2. The summed E-state index contributed by atoms with van der Waals surface area (Å²) >= 11 is 1.75. The van der Waals surface area contributed by atoms with Gasteiger partial charge in [-0.1, -0.05) is 18.2 Å². The highest BCUT2D eigenvalue weighted by molar-refractivity contribution is 7.13. The normalized spacial score (nSPS) is 14.4. The molecule has 2 heterocycles. The predicted octanol–water partition coefficient (Wildman–Crippen LogP) is 3.05. The zero-order valence-corrected chi connectivity index (χ0v) is 17.0. The second-order valence-corrected chi connectivity index (χ2v) is 7.30. The molecule has 1 aliphatic rings. The predicted molar refractivity (Wildman–Crippen MR) is 113 cm³/mol. The second kappa shape index (κ2) is 10.2. The van der Waals surface area contributed by atoms with Crippen LogP contribution in [0.2, 0.25) is 0 Å². The van der Waals surface area contributed by atoms with Crippen molar-refractivity contribution in [2.45, 2.75) is 32.7 Å². The van der Waals surface area contributed by atoms with Crippen molar-refractivity contribution in [1.29, 1.82) is 0 Å². The van der Waals surface area contributed by atoms with Crippen molar-refractivity contribution in [3.8, 4) is 5.75 Å². The van der Waals surface area contributed by atoms with Gasteiger partial charge in [0.15, 0.2) is 11.1 Å². The van der Waals surface area contributed by atoms with Crippen LogP contribution < -0.4 is 20.3 Å². The van der Waals surface area contributed by atoms with Crippen LogP contribution in [-0.2, 0) is 13.0 Å². The van der Waals surface area contributed by atoms with Crippen LogP contribution in [0, 0.1) is 0 Å². The van der Waals surface area contributed by atoms with Crippen molar-refractivity contribution in [2.24, 2.45) is 4.99 Å². The highest BCUT2D eigenvalue weighted by Gasteiger charge is 2.15. The zero-order chi connectivity index (χ0) is 18.9. The van der Waals surface area contributed by atoms with Crippen molar-refractivity contribution in [3.63, 3.8) is 0 Å². The number of hydrogen-bond donors (Lipinski definition) is 2. The molecule has 6 nitrogen and oxygen atoms in total. The molecule has 3 rings (SSSR count). The molecule has 1 saturated heterocycles. The molecule has 0 radical (unpaired) electrons. The summed E-state index contributed by atoms with van der Waals surface area (Å²) in [4.78, 5) is 11.5. The molecular weight excluding hydrogens is 358 g/mol. The Hall–Kier alpha value is -2.28.